The predicted octanol–water partition coefficient (Wildman–Crippen LogP) is 1.62. The van der Waals surface area contributed by atoms with Crippen molar-refractivity contribution >= 4 is 0 Å². The first-order valence-electron chi connectivity index (χ1n) is 4.95. The lowest BCUT2D eigenvalue weighted by Crippen LogP contribution is -2.17. The van der Waals surface area contributed by atoms with Crippen LogP contribution in [0.25, 0.3) is 5.69 Å². The van der Waals surface area contributed by atoms with E-state index in [9.17, 15) is 13.2 Å². The molecule has 2 aromatic rings. The molecule has 0 aliphatic heterocycles. The van der Waals surface area contributed by atoms with Crippen LogP contribution in [0.3, 0.4) is 0 Å². The molecule has 2 N–H and O–H groups in total. The van der Waals surface area contributed by atoms with Gasteiger partial charge in [0.2, 0.25) is 0 Å². The fourth-order valence-electron chi connectivity index (χ4n) is 1.32. The molecule has 96 valence electrons. The van der Waals surface area contributed by atoms with Crippen molar-refractivity contribution in [2.75, 3.05) is 0 Å². The summed E-state index contributed by atoms with van der Waals surface area (Å²) >= 11 is 0. The van der Waals surface area contributed by atoms with E-state index in [0.29, 0.717) is 11.5 Å². The summed E-state index contributed by atoms with van der Waals surface area (Å²) in [5, 5.41) is 4.02. The first kappa shape index (κ1) is 12.4. The third-order valence-corrected chi connectivity index (χ3v) is 2.06. The van der Waals surface area contributed by atoms with E-state index in [2.05, 4.69) is 14.8 Å². The fourth-order valence-corrected chi connectivity index (χ4v) is 1.32. The molecule has 0 unspecified atom stereocenters. The molecule has 0 aliphatic carbocycles. The molecule has 1 aromatic heterocycles. The van der Waals surface area contributed by atoms with Crippen LogP contribution in [0.2, 0.25) is 0 Å². The Kier molecular flexibility index (Phi) is 3.19. The lowest BCUT2D eigenvalue weighted by Gasteiger charge is -2.09. The Labute approximate surface area is 100.0 Å². The highest BCUT2D eigenvalue weighted by Gasteiger charge is 2.30. The van der Waals surface area contributed by atoms with Gasteiger partial charge in [0.25, 0.3) is 0 Å². The van der Waals surface area contributed by atoms with Gasteiger partial charge in [-0.2, -0.15) is 0 Å². The number of alkyl halides is 3. The summed E-state index contributed by atoms with van der Waals surface area (Å²) in [5.74, 6) is 0.163. The summed E-state index contributed by atoms with van der Waals surface area (Å²) in [5.41, 5.74) is 5.92. The van der Waals surface area contributed by atoms with Crippen molar-refractivity contribution in [2.24, 2.45) is 5.73 Å². The molecule has 2 rings (SSSR count). The minimum Gasteiger partial charge on any atom is -0.406 e. The first-order chi connectivity index (χ1) is 8.48. The number of nitrogens with zero attached hydrogens (tertiary/aromatic N) is 3. The van der Waals surface area contributed by atoms with Crippen LogP contribution >= 0.6 is 0 Å². The van der Waals surface area contributed by atoms with Gasteiger partial charge >= 0.3 is 6.36 Å². The van der Waals surface area contributed by atoms with Crippen molar-refractivity contribution in [3.05, 3.63) is 36.4 Å². The number of nitrogens with two attached hydrogens (primary N) is 1. The van der Waals surface area contributed by atoms with Crippen LogP contribution < -0.4 is 10.5 Å². The van der Waals surface area contributed by atoms with E-state index in [4.69, 9.17) is 5.73 Å². The Morgan fingerprint density at radius 3 is 2.39 bits per heavy atom. The van der Waals surface area contributed by atoms with Crippen molar-refractivity contribution in [3.8, 4) is 11.4 Å². The summed E-state index contributed by atoms with van der Waals surface area (Å²) < 4.78 is 41.0. The van der Waals surface area contributed by atoms with E-state index < -0.39 is 6.36 Å². The van der Waals surface area contributed by atoms with Gasteiger partial charge < -0.3 is 10.5 Å². The lowest BCUT2D eigenvalue weighted by atomic mass is 10.3. The highest BCUT2D eigenvalue weighted by molar-refractivity contribution is 5.36. The van der Waals surface area contributed by atoms with Crippen LogP contribution in [0.4, 0.5) is 13.2 Å². The van der Waals surface area contributed by atoms with Gasteiger partial charge in [0.1, 0.15) is 12.1 Å². The van der Waals surface area contributed by atoms with E-state index in [1.54, 1.807) is 0 Å². The lowest BCUT2D eigenvalue weighted by molar-refractivity contribution is -0.274. The van der Waals surface area contributed by atoms with Crippen LogP contribution in [0.5, 0.6) is 5.75 Å². The Morgan fingerprint density at radius 2 is 1.89 bits per heavy atom. The molecule has 1 aromatic carbocycles. The molecule has 0 bridgehead atoms. The van der Waals surface area contributed by atoms with Crippen LogP contribution in [0, 0.1) is 0 Å². The maximum absolute atomic E-state index is 12.0. The number of ether oxygens (including phenoxy) is 1. The second-order valence-corrected chi connectivity index (χ2v) is 3.35. The predicted molar refractivity (Wildman–Crippen MR) is 55.9 cm³/mol. The van der Waals surface area contributed by atoms with Crippen LogP contribution in [0.1, 0.15) is 5.82 Å². The molecule has 0 fully saturated rings. The average molecular weight is 258 g/mol. The molecule has 1 heterocycles. The van der Waals surface area contributed by atoms with Gasteiger partial charge in [-0.25, -0.2) is 9.67 Å². The van der Waals surface area contributed by atoms with Gasteiger partial charge in [-0.3, -0.25) is 0 Å². The van der Waals surface area contributed by atoms with E-state index in [0.717, 1.165) is 0 Å². The van der Waals surface area contributed by atoms with Crippen LogP contribution in [-0.4, -0.2) is 21.1 Å². The van der Waals surface area contributed by atoms with Gasteiger partial charge in [-0.05, 0) is 24.3 Å². The van der Waals surface area contributed by atoms with E-state index in [-0.39, 0.29) is 12.3 Å². The largest absolute Gasteiger partial charge is 0.573 e. The standard InChI is InChI=1S/C10H9F3N4O/c11-10(12,13)18-8-3-1-7(2-4-8)17-6-15-9(5-14)16-17/h1-4,6H,5,14H2. The smallest absolute Gasteiger partial charge is 0.406 e. The Morgan fingerprint density at radius 1 is 1.22 bits per heavy atom. The number of aromatic nitrogens is 3. The van der Waals surface area contributed by atoms with Gasteiger partial charge in [-0.1, -0.05) is 0 Å². The monoisotopic (exact) mass is 258 g/mol. The number of hydrogen-bond donors (Lipinski definition) is 1. The van der Waals surface area contributed by atoms with Crippen molar-refractivity contribution in [1.82, 2.24) is 14.8 Å². The molecule has 5 nitrogen and oxygen atoms in total. The second-order valence-electron chi connectivity index (χ2n) is 3.35. The van der Waals surface area contributed by atoms with Crippen LogP contribution in [-0.2, 0) is 6.54 Å². The molecule has 0 atom stereocenters. The summed E-state index contributed by atoms with van der Waals surface area (Å²) in [6.45, 7) is 0.197. The average Bonchev–Trinajstić information content (AvgIpc) is 2.76. The first-order valence-corrected chi connectivity index (χ1v) is 4.95. The fraction of sp³-hybridized carbons (Fsp3) is 0.200. The van der Waals surface area contributed by atoms with Crippen LogP contribution in [0.15, 0.2) is 30.6 Å². The van der Waals surface area contributed by atoms with Crippen molar-refractivity contribution in [2.45, 2.75) is 12.9 Å². The van der Waals surface area contributed by atoms with E-state index >= 15 is 0 Å². The molecule has 0 saturated heterocycles. The van der Waals surface area contributed by atoms with Crippen molar-refractivity contribution in [3.63, 3.8) is 0 Å². The molecule has 0 saturated carbocycles. The third kappa shape index (κ3) is 2.98. The third-order valence-electron chi connectivity index (χ3n) is 2.06. The zero-order valence-corrected chi connectivity index (χ0v) is 9.05. The molecule has 0 spiro atoms. The minimum atomic E-state index is -4.69. The summed E-state index contributed by atoms with van der Waals surface area (Å²) in [7, 11) is 0. The molecular formula is C10H9F3N4O. The van der Waals surface area contributed by atoms with Gasteiger partial charge in [0.15, 0.2) is 5.82 Å². The van der Waals surface area contributed by atoms with Gasteiger partial charge in [-0.15, -0.1) is 18.3 Å². The van der Waals surface area contributed by atoms with Crippen molar-refractivity contribution in [1.29, 1.82) is 0 Å². The Balaban J connectivity index is 2.17. The normalized spacial score (nSPS) is 11.6. The number of halogens is 3. The number of rotatable bonds is 3. The Bertz CT molecular complexity index is 521. The number of benzene rings is 1. The van der Waals surface area contributed by atoms with E-state index in [1.165, 1.54) is 35.3 Å². The van der Waals surface area contributed by atoms with E-state index in [1.807, 2.05) is 0 Å². The SMILES string of the molecule is NCc1ncn(-c2ccc(OC(F)(F)F)cc2)n1. The highest BCUT2D eigenvalue weighted by Crippen LogP contribution is 2.23. The maximum Gasteiger partial charge on any atom is 0.573 e. The van der Waals surface area contributed by atoms with Crippen molar-refractivity contribution < 1.29 is 17.9 Å². The molecular weight excluding hydrogens is 249 g/mol. The van der Waals surface area contributed by atoms with Gasteiger partial charge in [0, 0.05) is 0 Å². The molecule has 0 radical (unpaired) electrons. The summed E-state index contributed by atoms with van der Waals surface area (Å²) in [4.78, 5) is 3.91. The highest BCUT2D eigenvalue weighted by atomic mass is 19.4. The summed E-state index contributed by atoms with van der Waals surface area (Å²) in [6, 6.07) is 5.28. The summed E-state index contributed by atoms with van der Waals surface area (Å²) in [6.07, 6.45) is -3.26. The zero-order chi connectivity index (χ0) is 13.2. The van der Waals surface area contributed by atoms with Gasteiger partial charge in [0.05, 0.1) is 12.2 Å². The number of hydrogen-bond acceptors (Lipinski definition) is 4. The Hall–Kier alpha value is -2.09. The molecule has 8 heteroatoms. The zero-order valence-electron chi connectivity index (χ0n) is 9.05. The molecule has 0 amide bonds. The quantitative estimate of drug-likeness (QED) is 0.908. The minimum absolute atomic E-state index is 0.197. The second kappa shape index (κ2) is 4.65. The maximum atomic E-state index is 12.0. The molecule has 18 heavy (non-hydrogen) atoms. The molecule has 0 aliphatic rings. The topological polar surface area (TPSA) is 66.0 Å².